The van der Waals surface area contributed by atoms with Gasteiger partial charge in [0, 0.05) is 23.1 Å². The van der Waals surface area contributed by atoms with Crippen molar-refractivity contribution < 1.29 is 27.4 Å². The van der Waals surface area contributed by atoms with Crippen LogP contribution in [0.2, 0.25) is 0 Å². The average molecular weight is 611 g/mol. The average Bonchev–Trinajstić information content (AvgIpc) is 3.72. The van der Waals surface area contributed by atoms with Crippen LogP contribution in [0.25, 0.3) is 22.2 Å². The summed E-state index contributed by atoms with van der Waals surface area (Å²) in [5.74, 6) is 1.17. The van der Waals surface area contributed by atoms with Crippen LogP contribution >= 0.6 is 11.8 Å². The van der Waals surface area contributed by atoms with Gasteiger partial charge >= 0.3 is 6.18 Å². The molecule has 5 heterocycles. The topological polar surface area (TPSA) is 144 Å². The number of thioether (sulfide) groups is 1. The lowest BCUT2D eigenvalue weighted by molar-refractivity contribution is -0.207. The van der Waals surface area contributed by atoms with E-state index in [0.29, 0.717) is 28.5 Å². The smallest absolute Gasteiger partial charge is 0.415 e. The molecule has 4 N–H and O–H groups in total. The van der Waals surface area contributed by atoms with E-state index in [-0.39, 0.29) is 41.1 Å². The van der Waals surface area contributed by atoms with Gasteiger partial charge in [-0.15, -0.1) is 6.42 Å². The molecule has 4 aromatic rings. The zero-order valence-corrected chi connectivity index (χ0v) is 23.1. The Morgan fingerprint density at radius 1 is 1.23 bits per heavy atom. The third-order valence-corrected chi connectivity index (χ3v) is 8.86. The van der Waals surface area contributed by atoms with Gasteiger partial charge in [-0.25, -0.2) is 15.0 Å². The molecule has 0 bridgehead atoms. The second kappa shape index (κ2) is 10.3. The predicted molar refractivity (Wildman–Crippen MR) is 152 cm³/mol. The van der Waals surface area contributed by atoms with Crippen molar-refractivity contribution >= 4 is 39.3 Å². The van der Waals surface area contributed by atoms with Gasteiger partial charge in [0.2, 0.25) is 11.8 Å². The molecule has 0 unspecified atom stereocenters. The van der Waals surface area contributed by atoms with Gasteiger partial charge in [0.05, 0.1) is 57.5 Å². The molecule has 1 aliphatic heterocycles. The molecular weight excluding hydrogens is 588 g/mol. The van der Waals surface area contributed by atoms with Crippen molar-refractivity contribution in [2.75, 3.05) is 11.9 Å². The molecule has 1 aliphatic carbocycles. The summed E-state index contributed by atoms with van der Waals surface area (Å²) >= 11 is 0.667. The number of ether oxygens (including phenoxy) is 1. The number of aliphatic hydroxyl groups is 1. The molecular formula is C28H22F4N8O2S. The lowest BCUT2D eigenvalue weighted by Crippen LogP contribution is -2.47. The number of anilines is 2. The summed E-state index contributed by atoms with van der Waals surface area (Å²) in [5.41, 5.74) is 6.21. The molecule has 1 fully saturated rings. The van der Waals surface area contributed by atoms with E-state index in [1.54, 1.807) is 18.5 Å². The molecule has 220 valence electrons. The molecule has 0 saturated heterocycles. The van der Waals surface area contributed by atoms with Crippen LogP contribution in [0, 0.1) is 24.2 Å². The highest BCUT2D eigenvalue weighted by molar-refractivity contribution is 8.15. The minimum atomic E-state index is -4.88. The number of fused-ring (bicyclic) bond motifs is 2. The maximum atomic E-state index is 15.1. The molecule has 0 radical (unpaired) electrons. The van der Waals surface area contributed by atoms with E-state index in [1.165, 1.54) is 31.6 Å². The second-order valence-electron chi connectivity index (χ2n) is 10.2. The normalized spacial score (nSPS) is 23.6. The zero-order valence-electron chi connectivity index (χ0n) is 22.3. The van der Waals surface area contributed by atoms with E-state index in [4.69, 9.17) is 16.9 Å². The monoisotopic (exact) mass is 610 g/mol. The molecule has 6 rings (SSSR count). The van der Waals surface area contributed by atoms with Crippen LogP contribution in [0.4, 0.5) is 29.1 Å². The van der Waals surface area contributed by atoms with Gasteiger partial charge in [-0.3, -0.25) is 15.0 Å². The summed E-state index contributed by atoms with van der Waals surface area (Å²) < 4.78 is 59.5. The first kappa shape index (κ1) is 28.6. The van der Waals surface area contributed by atoms with Crippen molar-refractivity contribution in [3.05, 3.63) is 60.7 Å². The highest BCUT2D eigenvalue weighted by Crippen LogP contribution is 2.68. The number of aliphatic hydroxyl groups excluding tert-OH is 1. The lowest BCUT2D eigenvalue weighted by atomic mass is 9.86. The first-order valence-corrected chi connectivity index (χ1v) is 13.6. The van der Waals surface area contributed by atoms with Gasteiger partial charge in [-0.05, 0) is 31.5 Å². The zero-order chi connectivity index (χ0) is 30.6. The minimum absolute atomic E-state index is 0.0107. The summed E-state index contributed by atoms with van der Waals surface area (Å²) in [6.45, 7) is 1.48. The number of pyridine rings is 3. The fourth-order valence-electron chi connectivity index (χ4n) is 5.41. The number of aromatic nitrogens is 5. The maximum Gasteiger partial charge on any atom is 0.415 e. The Morgan fingerprint density at radius 2 is 2.05 bits per heavy atom. The Hall–Kier alpha value is -4.55. The molecule has 0 aromatic carbocycles. The molecule has 10 nitrogen and oxygen atoms in total. The number of nitrogens with two attached hydrogens (primary N) is 1. The van der Waals surface area contributed by atoms with Crippen LogP contribution < -0.4 is 15.8 Å². The standard InChI is InChI=1S/C28H22F4N8O2S/c1-3-6-42-23-16(7-14-4-5-34-11-18(14)39-23)19-12-36-21(13-35-19)38-15-8-17(22(29)37-10-15)26(2)20-9-27(20,43-25(33)40-26)24(41)28(30,31)32/h1,4-5,7-8,10-13,20,24,41H,6,9H2,2H3,(H2,33,40)(H,36,38)/t20-,24-,26+,27-/m0/s1. The fourth-order valence-corrected chi connectivity index (χ4v) is 6.90. The van der Waals surface area contributed by atoms with Crippen LogP contribution in [0.15, 0.2) is 54.2 Å². The highest BCUT2D eigenvalue weighted by Gasteiger charge is 2.74. The van der Waals surface area contributed by atoms with Gasteiger partial charge < -0.3 is 20.9 Å². The number of terminal acetylenes is 1. The number of hydrogen-bond donors (Lipinski definition) is 3. The van der Waals surface area contributed by atoms with E-state index in [1.807, 2.05) is 6.07 Å². The number of nitrogens with zero attached hydrogens (tertiary/aromatic N) is 6. The molecule has 4 aromatic heterocycles. The van der Waals surface area contributed by atoms with E-state index in [0.717, 1.165) is 5.39 Å². The van der Waals surface area contributed by atoms with Crippen LogP contribution in [0.3, 0.4) is 0 Å². The van der Waals surface area contributed by atoms with E-state index < -0.39 is 34.4 Å². The maximum absolute atomic E-state index is 15.1. The number of halogens is 4. The Balaban J connectivity index is 1.28. The Kier molecular flexibility index (Phi) is 6.85. The summed E-state index contributed by atoms with van der Waals surface area (Å²) in [7, 11) is 0. The molecule has 0 amide bonds. The van der Waals surface area contributed by atoms with Gasteiger partial charge in [0.1, 0.15) is 5.82 Å². The molecule has 43 heavy (non-hydrogen) atoms. The summed E-state index contributed by atoms with van der Waals surface area (Å²) in [6, 6.07) is 5.00. The first-order valence-electron chi connectivity index (χ1n) is 12.8. The Bertz CT molecular complexity index is 1800. The van der Waals surface area contributed by atoms with Crippen LogP contribution in [-0.2, 0) is 5.54 Å². The number of aliphatic imine (C=N–C) groups is 1. The van der Waals surface area contributed by atoms with Gasteiger partial charge in [-0.1, -0.05) is 17.7 Å². The minimum Gasteiger partial charge on any atom is -0.464 e. The highest BCUT2D eigenvalue weighted by atomic mass is 32.2. The van der Waals surface area contributed by atoms with Crippen molar-refractivity contribution in [2.24, 2.45) is 16.6 Å². The quantitative estimate of drug-likeness (QED) is 0.157. The second-order valence-corrected chi connectivity index (χ2v) is 11.6. The number of nitrogens with one attached hydrogen (secondary N) is 1. The van der Waals surface area contributed by atoms with Crippen molar-refractivity contribution in [1.29, 1.82) is 0 Å². The SMILES string of the molecule is C#CCOc1nc2cnccc2cc1-c1cnc(Nc2cnc(F)c([C@@]3(C)N=C(N)S[C@@]4([C@H](O)C(F)(F)F)C[C@H]43)c2)cn1. The fraction of sp³-hybridized carbons (Fsp3) is 0.286. The Labute approximate surface area is 246 Å². The van der Waals surface area contributed by atoms with E-state index >= 15 is 4.39 Å². The summed E-state index contributed by atoms with van der Waals surface area (Å²) in [4.78, 5) is 25.5. The molecule has 0 spiro atoms. The van der Waals surface area contributed by atoms with E-state index in [2.05, 4.69) is 41.1 Å². The van der Waals surface area contributed by atoms with E-state index in [9.17, 15) is 18.3 Å². The molecule has 1 saturated carbocycles. The summed E-state index contributed by atoms with van der Waals surface area (Å²) in [6.07, 6.45) is 5.11. The lowest BCUT2D eigenvalue weighted by Gasteiger charge is -2.36. The van der Waals surface area contributed by atoms with Crippen molar-refractivity contribution in [2.45, 2.75) is 35.9 Å². The van der Waals surface area contributed by atoms with Gasteiger partial charge in [0.15, 0.2) is 17.9 Å². The number of amidine groups is 1. The predicted octanol–water partition coefficient (Wildman–Crippen LogP) is 4.34. The number of hydrogen-bond acceptors (Lipinski definition) is 11. The molecule has 2 aliphatic rings. The number of alkyl halides is 3. The third-order valence-electron chi connectivity index (χ3n) is 7.50. The molecule has 4 atom stereocenters. The first-order chi connectivity index (χ1) is 20.4. The van der Waals surface area contributed by atoms with Crippen LogP contribution in [-0.4, -0.2) is 58.8 Å². The van der Waals surface area contributed by atoms with Gasteiger partial charge in [-0.2, -0.15) is 17.6 Å². The van der Waals surface area contributed by atoms with Crippen LogP contribution in [0.5, 0.6) is 5.88 Å². The Morgan fingerprint density at radius 3 is 2.77 bits per heavy atom. The van der Waals surface area contributed by atoms with Crippen molar-refractivity contribution in [1.82, 2.24) is 24.9 Å². The number of rotatable bonds is 7. The van der Waals surface area contributed by atoms with Crippen LogP contribution in [0.1, 0.15) is 18.9 Å². The van der Waals surface area contributed by atoms with Gasteiger partial charge in [0.25, 0.3) is 0 Å². The largest absolute Gasteiger partial charge is 0.464 e. The third kappa shape index (κ3) is 5.06. The van der Waals surface area contributed by atoms with Crippen molar-refractivity contribution in [3.8, 4) is 29.5 Å². The van der Waals surface area contributed by atoms with Crippen molar-refractivity contribution in [3.63, 3.8) is 0 Å². The summed E-state index contributed by atoms with van der Waals surface area (Å²) in [5, 5.41) is 13.7. The molecule has 15 heteroatoms.